The van der Waals surface area contributed by atoms with E-state index in [9.17, 15) is 15.3 Å². The molecular weight excluding hydrogens is 276 g/mol. The minimum Gasteiger partial charge on any atom is -0.507 e. The number of aliphatic hydroxyl groups is 1. The standard InChI is InChI=1S/C19H26O3/c1-5-6-14-10-16(20)18(17(21)11-14)15-9-13(4)7-8-19(15,22)12(2)3/h9-11,15,20-22H,2,5-8H2,1,3-4H3/t15-,19+/m0/s1. The molecule has 1 aliphatic carbocycles. The van der Waals surface area contributed by atoms with E-state index in [2.05, 4.69) is 13.5 Å². The van der Waals surface area contributed by atoms with Crippen molar-refractivity contribution in [1.29, 1.82) is 0 Å². The summed E-state index contributed by atoms with van der Waals surface area (Å²) in [5.41, 5.74) is 1.95. The molecule has 22 heavy (non-hydrogen) atoms. The van der Waals surface area contributed by atoms with Crippen molar-refractivity contribution in [3.8, 4) is 11.5 Å². The Morgan fingerprint density at radius 1 is 1.32 bits per heavy atom. The van der Waals surface area contributed by atoms with Gasteiger partial charge >= 0.3 is 0 Å². The van der Waals surface area contributed by atoms with Gasteiger partial charge in [-0.3, -0.25) is 0 Å². The molecule has 0 aromatic heterocycles. The molecule has 0 spiro atoms. The molecule has 0 unspecified atom stereocenters. The van der Waals surface area contributed by atoms with Crippen LogP contribution in [0.2, 0.25) is 0 Å². The number of aromatic hydroxyl groups is 2. The van der Waals surface area contributed by atoms with Gasteiger partial charge in [0.15, 0.2) is 0 Å². The lowest BCUT2D eigenvalue weighted by molar-refractivity contribution is 0.0480. The van der Waals surface area contributed by atoms with E-state index in [0.717, 1.165) is 30.4 Å². The van der Waals surface area contributed by atoms with Gasteiger partial charge in [0.2, 0.25) is 0 Å². The van der Waals surface area contributed by atoms with Crippen molar-refractivity contribution in [2.24, 2.45) is 0 Å². The van der Waals surface area contributed by atoms with E-state index in [0.29, 0.717) is 17.6 Å². The molecule has 2 atom stereocenters. The lowest BCUT2D eigenvalue weighted by Crippen LogP contribution is -2.38. The quantitative estimate of drug-likeness (QED) is 0.731. The summed E-state index contributed by atoms with van der Waals surface area (Å²) in [5.74, 6) is -0.396. The van der Waals surface area contributed by atoms with Crippen molar-refractivity contribution in [3.05, 3.63) is 47.1 Å². The number of phenolic OH excluding ortho intramolecular Hbond substituents is 2. The molecule has 3 nitrogen and oxygen atoms in total. The maximum absolute atomic E-state index is 11.0. The average Bonchev–Trinajstić information content (AvgIpc) is 2.42. The van der Waals surface area contributed by atoms with E-state index < -0.39 is 11.5 Å². The smallest absolute Gasteiger partial charge is 0.123 e. The predicted molar refractivity (Wildman–Crippen MR) is 89.3 cm³/mol. The molecule has 0 radical (unpaired) electrons. The van der Waals surface area contributed by atoms with Gasteiger partial charge < -0.3 is 15.3 Å². The molecule has 3 N–H and O–H groups in total. The lowest BCUT2D eigenvalue weighted by atomic mass is 9.70. The summed E-state index contributed by atoms with van der Waals surface area (Å²) in [6.07, 6.45) is 5.01. The van der Waals surface area contributed by atoms with Crippen LogP contribution < -0.4 is 0 Å². The van der Waals surface area contributed by atoms with Gasteiger partial charge in [0, 0.05) is 11.5 Å². The highest BCUT2D eigenvalue weighted by atomic mass is 16.3. The lowest BCUT2D eigenvalue weighted by Gasteiger charge is -2.39. The summed E-state index contributed by atoms with van der Waals surface area (Å²) >= 11 is 0. The summed E-state index contributed by atoms with van der Waals surface area (Å²) in [4.78, 5) is 0. The summed E-state index contributed by atoms with van der Waals surface area (Å²) < 4.78 is 0. The van der Waals surface area contributed by atoms with Gasteiger partial charge in [0.05, 0.1) is 5.60 Å². The Bertz CT molecular complexity index is 592. The second-order valence-electron chi connectivity index (χ2n) is 6.49. The van der Waals surface area contributed by atoms with Gasteiger partial charge in [-0.05, 0) is 56.4 Å². The molecule has 0 bridgehead atoms. The SMILES string of the molecule is C=C(C)[C@]1(O)CCC(C)=C[C@H]1c1c(O)cc(CCC)cc1O. The zero-order valence-electron chi connectivity index (χ0n) is 13.7. The number of hydrogen-bond donors (Lipinski definition) is 3. The van der Waals surface area contributed by atoms with Gasteiger partial charge in [-0.2, -0.15) is 0 Å². The number of rotatable bonds is 4. The molecule has 0 aliphatic heterocycles. The minimum atomic E-state index is -1.14. The highest BCUT2D eigenvalue weighted by Gasteiger charge is 2.41. The van der Waals surface area contributed by atoms with Crippen LogP contribution >= 0.6 is 0 Å². The van der Waals surface area contributed by atoms with Crippen molar-refractivity contribution in [1.82, 2.24) is 0 Å². The van der Waals surface area contributed by atoms with Gasteiger partial charge in [0.1, 0.15) is 11.5 Å². The predicted octanol–water partition coefficient (Wildman–Crippen LogP) is 4.18. The van der Waals surface area contributed by atoms with Crippen LogP contribution in [0.3, 0.4) is 0 Å². The largest absolute Gasteiger partial charge is 0.507 e. The molecule has 0 heterocycles. The molecule has 2 rings (SSSR count). The number of allylic oxidation sites excluding steroid dienone is 1. The van der Waals surface area contributed by atoms with E-state index >= 15 is 0 Å². The van der Waals surface area contributed by atoms with Crippen LogP contribution in [-0.2, 0) is 6.42 Å². The number of aryl methyl sites for hydroxylation is 1. The first-order valence-corrected chi connectivity index (χ1v) is 7.90. The third-order valence-electron chi connectivity index (χ3n) is 4.65. The zero-order chi connectivity index (χ0) is 16.5. The van der Waals surface area contributed by atoms with Crippen molar-refractivity contribution < 1.29 is 15.3 Å². The maximum Gasteiger partial charge on any atom is 0.123 e. The highest BCUT2D eigenvalue weighted by molar-refractivity contribution is 5.53. The monoisotopic (exact) mass is 302 g/mol. The van der Waals surface area contributed by atoms with Crippen LogP contribution in [0.15, 0.2) is 35.9 Å². The second kappa shape index (κ2) is 6.17. The van der Waals surface area contributed by atoms with Crippen LogP contribution in [0, 0.1) is 0 Å². The van der Waals surface area contributed by atoms with Crippen LogP contribution in [-0.4, -0.2) is 20.9 Å². The molecule has 0 fully saturated rings. The minimum absolute atomic E-state index is 0.0408. The molecular formula is C19H26O3. The van der Waals surface area contributed by atoms with Gasteiger partial charge in [-0.25, -0.2) is 0 Å². The summed E-state index contributed by atoms with van der Waals surface area (Å²) in [6, 6.07) is 3.38. The maximum atomic E-state index is 11.0. The summed E-state index contributed by atoms with van der Waals surface area (Å²) in [5, 5.41) is 31.9. The fourth-order valence-electron chi connectivity index (χ4n) is 3.28. The Labute approximate surface area is 132 Å². The van der Waals surface area contributed by atoms with E-state index in [4.69, 9.17) is 0 Å². The van der Waals surface area contributed by atoms with Crippen LogP contribution in [0.1, 0.15) is 57.1 Å². The Kier molecular flexibility index (Phi) is 4.66. The molecule has 120 valence electrons. The average molecular weight is 302 g/mol. The molecule has 0 amide bonds. The summed E-state index contributed by atoms with van der Waals surface area (Å²) in [6.45, 7) is 9.76. The summed E-state index contributed by atoms with van der Waals surface area (Å²) in [7, 11) is 0. The van der Waals surface area contributed by atoms with Crippen molar-refractivity contribution >= 4 is 0 Å². The fourth-order valence-corrected chi connectivity index (χ4v) is 3.28. The number of benzene rings is 1. The van der Waals surface area contributed by atoms with E-state index in [1.165, 1.54) is 0 Å². The van der Waals surface area contributed by atoms with Crippen LogP contribution in [0.25, 0.3) is 0 Å². The number of hydrogen-bond acceptors (Lipinski definition) is 3. The van der Waals surface area contributed by atoms with Crippen molar-refractivity contribution in [2.45, 2.75) is 58.0 Å². The zero-order valence-corrected chi connectivity index (χ0v) is 13.7. The highest BCUT2D eigenvalue weighted by Crippen LogP contribution is 2.48. The molecule has 3 heteroatoms. The van der Waals surface area contributed by atoms with E-state index in [-0.39, 0.29) is 11.5 Å². The van der Waals surface area contributed by atoms with E-state index in [1.54, 1.807) is 19.1 Å². The molecule has 1 aromatic rings. The Balaban J connectivity index is 2.57. The van der Waals surface area contributed by atoms with Gasteiger partial charge in [0.25, 0.3) is 0 Å². The molecule has 1 aromatic carbocycles. The van der Waals surface area contributed by atoms with Crippen molar-refractivity contribution in [3.63, 3.8) is 0 Å². The molecule has 0 saturated carbocycles. The Morgan fingerprint density at radius 2 is 1.91 bits per heavy atom. The van der Waals surface area contributed by atoms with Gasteiger partial charge in [-0.1, -0.05) is 31.6 Å². The first-order valence-electron chi connectivity index (χ1n) is 7.90. The second-order valence-corrected chi connectivity index (χ2v) is 6.49. The third-order valence-corrected chi connectivity index (χ3v) is 4.65. The first-order chi connectivity index (χ1) is 10.3. The van der Waals surface area contributed by atoms with Crippen molar-refractivity contribution in [2.75, 3.05) is 0 Å². The van der Waals surface area contributed by atoms with E-state index in [1.807, 2.05) is 13.0 Å². The van der Waals surface area contributed by atoms with Gasteiger partial charge in [-0.15, -0.1) is 0 Å². The molecule has 0 saturated heterocycles. The molecule has 1 aliphatic rings. The number of phenols is 2. The first kappa shape index (κ1) is 16.6. The Hall–Kier alpha value is -1.74. The normalized spacial score (nSPS) is 24.9. The third kappa shape index (κ3) is 2.91. The topological polar surface area (TPSA) is 60.7 Å². The fraction of sp³-hybridized carbons (Fsp3) is 0.474. The van der Waals surface area contributed by atoms with Crippen LogP contribution in [0.4, 0.5) is 0 Å². The Morgan fingerprint density at radius 3 is 2.41 bits per heavy atom. The van der Waals surface area contributed by atoms with Crippen LogP contribution in [0.5, 0.6) is 11.5 Å².